The van der Waals surface area contributed by atoms with Gasteiger partial charge in [-0.25, -0.2) is 0 Å². The van der Waals surface area contributed by atoms with Crippen LogP contribution in [0.1, 0.15) is 27.0 Å². The lowest BCUT2D eigenvalue weighted by Crippen LogP contribution is -1.95. The van der Waals surface area contributed by atoms with Crippen LogP contribution in [0.15, 0.2) is 48.0 Å². The van der Waals surface area contributed by atoms with Gasteiger partial charge in [0.05, 0.1) is 0 Å². The van der Waals surface area contributed by atoms with Gasteiger partial charge in [0.1, 0.15) is 5.75 Å². The van der Waals surface area contributed by atoms with Crippen molar-refractivity contribution in [1.29, 1.82) is 0 Å². The van der Waals surface area contributed by atoms with Crippen molar-refractivity contribution < 1.29 is 9.90 Å². The Morgan fingerprint density at radius 3 is 2.79 bits per heavy atom. The molecular weight excluding hydrogens is 236 g/mol. The smallest absolute Gasteiger partial charge is 0.189 e. The lowest BCUT2D eigenvalue weighted by Gasteiger charge is -1.98. The van der Waals surface area contributed by atoms with Crippen molar-refractivity contribution in [1.82, 2.24) is 0 Å². The third kappa shape index (κ3) is 2.17. The number of fused-ring (bicyclic) bond motifs is 1. The molecule has 2 nitrogen and oxygen atoms in total. The van der Waals surface area contributed by atoms with Gasteiger partial charge in [0.15, 0.2) is 5.78 Å². The van der Waals surface area contributed by atoms with Crippen LogP contribution < -0.4 is 0 Å². The molecule has 0 bridgehead atoms. The highest BCUT2D eigenvalue weighted by molar-refractivity contribution is 6.15. The molecule has 2 aromatic rings. The molecule has 1 aliphatic rings. The number of benzene rings is 2. The zero-order valence-corrected chi connectivity index (χ0v) is 10.7. The zero-order chi connectivity index (χ0) is 13.4. The van der Waals surface area contributed by atoms with Crippen LogP contribution >= 0.6 is 0 Å². The first kappa shape index (κ1) is 11.7. The molecular formula is C17H14O2. The fourth-order valence-electron chi connectivity index (χ4n) is 2.48. The minimum Gasteiger partial charge on any atom is -0.508 e. The van der Waals surface area contributed by atoms with Gasteiger partial charge >= 0.3 is 0 Å². The predicted octanol–water partition coefficient (Wildman–Crippen LogP) is 3.52. The Morgan fingerprint density at radius 1 is 1.16 bits per heavy atom. The molecule has 1 aliphatic carbocycles. The standard InChI is InChI=1S/C17H14O2/c1-11-3-2-4-12(7-11)8-14-9-13-10-15(18)5-6-16(13)17(14)19/h2-8,10,18H,9H2,1H3/b14-8+. The largest absolute Gasteiger partial charge is 0.508 e. The first-order valence-corrected chi connectivity index (χ1v) is 6.27. The van der Waals surface area contributed by atoms with E-state index in [0.717, 1.165) is 16.7 Å². The number of rotatable bonds is 1. The van der Waals surface area contributed by atoms with Crippen molar-refractivity contribution in [3.05, 3.63) is 70.3 Å². The molecule has 0 saturated heterocycles. The van der Waals surface area contributed by atoms with Gasteiger partial charge < -0.3 is 5.11 Å². The van der Waals surface area contributed by atoms with Gasteiger partial charge in [-0.05, 0) is 42.3 Å². The summed E-state index contributed by atoms with van der Waals surface area (Å²) in [6, 6.07) is 13.0. The summed E-state index contributed by atoms with van der Waals surface area (Å²) in [5.41, 5.74) is 4.61. The summed E-state index contributed by atoms with van der Waals surface area (Å²) in [5, 5.41) is 9.46. The van der Waals surface area contributed by atoms with Crippen molar-refractivity contribution in [2.75, 3.05) is 0 Å². The fourth-order valence-corrected chi connectivity index (χ4v) is 2.48. The number of hydrogen-bond acceptors (Lipinski definition) is 2. The normalized spacial score (nSPS) is 15.8. The van der Waals surface area contributed by atoms with E-state index in [9.17, 15) is 9.90 Å². The Kier molecular flexibility index (Phi) is 2.71. The summed E-state index contributed by atoms with van der Waals surface area (Å²) in [5.74, 6) is 0.278. The van der Waals surface area contributed by atoms with Gasteiger partial charge in [-0.1, -0.05) is 29.8 Å². The van der Waals surface area contributed by atoms with Crippen molar-refractivity contribution in [3.63, 3.8) is 0 Å². The van der Waals surface area contributed by atoms with E-state index in [2.05, 4.69) is 6.07 Å². The number of Topliss-reactive ketones (excluding diaryl/α,β-unsaturated/α-hetero) is 1. The van der Waals surface area contributed by atoms with E-state index in [1.54, 1.807) is 18.2 Å². The second kappa shape index (κ2) is 4.39. The SMILES string of the molecule is Cc1cccc(/C=C2\Cc3cc(O)ccc3C2=O)c1. The van der Waals surface area contributed by atoms with Crippen molar-refractivity contribution >= 4 is 11.9 Å². The Morgan fingerprint density at radius 2 is 2.00 bits per heavy atom. The molecule has 2 heteroatoms. The number of carbonyl (C=O) groups excluding carboxylic acids is 1. The Hall–Kier alpha value is -2.35. The summed E-state index contributed by atoms with van der Waals surface area (Å²) in [4.78, 5) is 12.2. The van der Waals surface area contributed by atoms with Gasteiger partial charge in [0.25, 0.3) is 0 Å². The van der Waals surface area contributed by atoms with Crippen LogP contribution in [0, 0.1) is 6.92 Å². The minimum atomic E-state index is 0.0662. The second-order valence-corrected chi connectivity index (χ2v) is 4.93. The molecule has 0 heterocycles. The fraction of sp³-hybridized carbons (Fsp3) is 0.118. The average Bonchev–Trinajstić information content (AvgIpc) is 2.66. The summed E-state index contributed by atoms with van der Waals surface area (Å²) < 4.78 is 0. The van der Waals surface area contributed by atoms with Crippen LogP contribution in [0.2, 0.25) is 0 Å². The average molecular weight is 250 g/mol. The van der Waals surface area contributed by atoms with E-state index in [-0.39, 0.29) is 11.5 Å². The van der Waals surface area contributed by atoms with E-state index in [0.29, 0.717) is 12.0 Å². The molecule has 0 amide bonds. The van der Waals surface area contributed by atoms with Crippen LogP contribution in [0.5, 0.6) is 5.75 Å². The molecule has 19 heavy (non-hydrogen) atoms. The van der Waals surface area contributed by atoms with Crippen LogP contribution in [0.3, 0.4) is 0 Å². The molecule has 2 aromatic carbocycles. The molecule has 0 aromatic heterocycles. The first-order chi connectivity index (χ1) is 9.13. The maximum Gasteiger partial charge on any atom is 0.189 e. The molecule has 3 rings (SSSR count). The van der Waals surface area contributed by atoms with Gasteiger partial charge in [0.2, 0.25) is 0 Å². The minimum absolute atomic E-state index is 0.0662. The van der Waals surface area contributed by atoms with E-state index in [1.807, 2.05) is 31.2 Å². The number of aryl methyl sites for hydroxylation is 1. The van der Waals surface area contributed by atoms with E-state index in [4.69, 9.17) is 0 Å². The molecule has 0 atom stereocenters. The monoisotopic (exact) mass is 250 g/mol. The summed E-state index contributed by atoms with van der Waals surface area (Å²) in [6.07, 6.45) is 2.53. The number of hydrogen-bond donors (Lipinski definition) is 1. The van der Waals surface area contributed by atoms with Gasteiger partial charge in [-0.2, -0.15) is 0 Å². The molecule has 0 aliphatic heterocycles. The van der Waals surface area contributed by atoms with E-state index < -0.39 is 0 Å². The van der Waals surface area contributed by atoms with Crippen LogP contribution in [0.4, 0.5) is 0 Å². The lowest BCUT2D eigenvalue weighted by molar-refractivity contribution is 0.104. The van der Waals surface area contributed by atoms with Crippen LogP contribution in [0.25, 0.3) is 6.08 Å². The predicted molar refractivity (Wildman–Crippen MR) is 75.3 cm³/mol. The van der Waals surface area contributed by atoms with Crippen LogP contribution in [-0.4, -0.2) is 10.9 Å². The van der Waals surface area contributed by atoms with Gasteiger partial charge in [-0.15, -0.1) is 0 Å². The van der Waals surface area contributed by atoms with Crippen molar-refractivity contribution in [2.24, 2.45) is 0 Å². The maximum absolute atomic E-state index is 12.2. The third-order valence-electron chi connectivity index (χ3n) is 3.39. The number of allylic oxidation sites excluding steroid dienone is 1. The number of phenols is 1. The van der Waals surface area contributed by atoms with Gasteiger partial charge in [0, 0.05) is 17.6 Å². The van der Waals surface area contributed by atoms with Crippen LogP contribution in [-0.2, 0) is 6.42 Å². The summed E-state index contributed by atoms with van der Waals surface area (Å²) >= 11 is 0. The molecule has 0 fully saturated rings. The van der Waals surface area contributed by atoms with Crippen molar-refractivity contribution in [2.45, 2.75) is 13.3 Å². The highest BCUT2D eigenvalue weighted by Gasteiger charge is 2.24. The Balaban J connectivity index is 1.99. The first-order valence-electron chi connectivity index (χ1n) is 6.27. The third-order valence-corrected chi connectivity index (χ3v) is 3.39. The quantitative estimate of drug-likeness (QED) is 0.786. The molecule has 0 saturated carbocycles. The molecule has 0 spiro atoms. The summed E-state index contributed by atoms with van der Waals surface area (Å²) in [7, 11) is 0. The van der Waals surface area contributed by atoms with Gasteiger partial charge in [-0.3, -0.25) is 4.79 Å². The summed E-state index contributed by atoms with van der Waals surface area (Å²) in [6.45, 7) is 2.03. The van der Waals surface area contributed by atoms with E-state index >= 15 is 0 Å². The highest BCUT2D eigenvalue weighted by atomic mass is 16.3. The molecule has 0 radical (unpaired) electrons. The lowest BCUT2D eigenvalue weighted by atomic mass is 10.1. The highest BCUT2D eigenvalue weighted by Crippen LogP contribution is 2.30. The Labute approximate surface area is 112 Å². The second-order valence-electron chi connectivity index (χ2n) is 4.93. The van der Waals surface area contributed by atoms with E-state index in [1.165, 1.54) is 5.56 Å². The Bertz CT molecular complexity index is 696. The number of ketones is 1. The topological polar surface area (TPSA) is 37.3 Å². The molecule has 1 N–H and O–H groups in total. The zero-order valence-electron chi connectivity index (χ0n) is 10.7. The molecule has 0 unspecified atom stereocenters. The number of carbonyl (C=O) groups is 1. The number of phenolic OH excluding ortho intramolecular Hbond substituents is 1. The molecule has 94 valence electrons. The van der Waals surface area contributed by atoms with Crippen molar-refractivity contribution in [3.8, 4) is 5.75 Å². The number of aromatic hydroxyl groups is 1. The maximum atomic E-state index is 12.2.